The minimum atomic E-state index is -0.674. The summed E-state index contributed by atoms with van der Waals surface area (Å²) in [6.07, 6.45) is 2.02. The number of aromatic amines is 1. The molecule has 3 aromatic rings. The summed E-state index contributed by atoms with van der Waals surface area (Å²) in [5, 5.41) is 6.96. The molecule has 1 aromatic carbocycles. The number of H-pyrrole nitrogens is 1. The van der Waals surface area contributed by atoms with Crippen molar-refractivity contribution in [1.29, 1.82) is 0 Å². The molecule has 0 radical (unpaired) electrons. The van der Waals surface area contributed by atoms with Gasteiger partial charge in [-0.05, 0) is 23.8 Å². The van der Waals surface area contributed by atoms with Crippen molar-refractivity contribution in [3.8, 4) is 17.1 Å². The van der Waals surface area contributed by atoms with Crippen molar-refractivity contribution < 1.29 is 18.4 Å². The van der Waals surface area contributed by atoms with E-state index in [0.717, 1.165) is 0 Å². The molecule has 2 aromatic heterocycles. The van der Waals surface area contributed by atoms with Gasteiger partial charge in [0.15, 0.2) is 5.82 Å². The number of hydrogen-bond acceptors (Lipinski definition) is 7. The Balaban J connectivity index is 1.66. The van der Waals surface area contributed by atoms with E-state index in [1.54, 1.807) is 18.3 Å². The molecule has 0 saturated carbocycles. The van der Waals surface area contributed by atoms with Crippen molar-refractivity contribution in [3.63, 3.8) is 0 Å². The van der Waals surface area contributed by atoms with Crippen LogP contribution in [0.3, 0.4) is 0 Å². The Morgan fingerprint density at radius 2 is 2.21 bits per heavy atom. The Morgan fingerprint density at radius 1 is 1.32 bits per heavy atom. The molecule has 0 aliphatic carbocycles. The van der Waals surface area contributed by atoms with Gasteiger partial charge in [-0.3, -0.25) is 14.5 Å². The Labute approximate surface area is 163 Å². The van der Waals surface area contributed by atoms with Gasteiger partial charge in [-0.15, -0.1) is 0 Å². The number of pyridine rings is 1. The van der Waals surface area contributed by atoms with Crippen LogP contribution in [0, 0.1) is 5.82 Å². The molecule has 10 heteroatoms. The van der Waals surface area contributed by atoms with Gasteiger partial charge >= 0.3 is 5.76 Å². The fourth-order valence-electron chi connectivity index (χ4n) is 3.00. The summed E-state index contributed by atoms with van der Waals surface area (Å²) in [4.78, 5) is 17.9. The lowest BCUT2D eigenvalue weighted by Crippen LogP contribution is -2.34. The fourth-order valence-corrected chi connectivity index (χ4v) is 3.12. The van der Waals surface area contributed by atoms with E-state index in [4.69, 9.17) is 21.1 Å². The zero-order valence-electron chi connectivity index (χ0n) is 14.5. The molecule has 146 valence electrons. The van der Waals surface area contributed by atoms with Crippen molar-refractivity contribution in [3.05, 3.63) is 63.6 Å². The summed E-state index contributed by atoms with van der Waals surface area (Å²) >= 11 is 5.80. The van der Waals surface area contributed by atoms with Crippen LogP contribution in [-0.4, -0.2) is 40.9 Å². The number of rotatable bonds is 4. The van der Waals surface area contributed by atoms with E-state index in [1.165, 1.54) is 18.3 Å². The third-order valence-corrected chi connectivity index (χ3v) is 4.60. The molecular weight excluding hydrogens is 391 g/mol. The van der Waals surface area contributed by atoms with Gasteiger partial charge in [0.1, 0.15) is 23.8 Å². The van der Waals surface area contributed by atoms with Gasteiger partial charge in [0.25, 0.3) is 0 Å². The number of benzene rings is 1. The zero-order chi connectivity index (χ0) is 19.5. The SMILES string of the molecule is O=c1[nH]c(-c2ccncc2OC2CNCCOC2c2ccc(Cl)c(F)c2)no1. The van der Waals surface area contributed by atoms with Gasteiger partial charge in [-0.1, -0.05) is 22.8 Å². The summed E-state index contributed by atoms with van der Waals surface area (Å²) in [6.45, 7) is 1.52. The molecule has 2 atom stereocenters. The molecule has 2 N–H and O–H groups in total. The van der Waals surface area contributed by atoms with E-state index in [1.807, 2.05) is 0 Å². The molecular formula is C18H16ClFN4O4. The fraction of sp³-hybridized carbons (Fsp3) is 0.278. The highest BCUT2D eigenvalue weighted by molar-refractivity contribution is 6.30. The maximum absolute atomic E-state index is 14.0. The van der Waals surface area contributed by atoms with Crippen LogP contribution in [0.25, 0.3) is 11.4 Å². The maximum Gasteiger partial charge on any atom is 0.439 e. The van der Waals surface area contributed by atoms with Crippen molar-refractivity contribution >= 4 is 11.6 Å². The molecule has 28 heavy (non-hydrogen) atoms. The number of aromatic nitrogens is 3. The molecule has 0 amide bonds. The predicted molar refractivity (Wildman–Crippen MR) is 97.7 cm³/mol. The number of nitrogens with one attached hydrogen (secondary N) is 2. The quantitative estimate of drug-likeness (QED) is 0.685. The lowest BCUT2D eigenvalue weighted by molar-refractivity contribution is -0.00846. The molecule has 3 heterocycles. The molecule has 0 bridgehead atoms. The molecule has 1 aliphatic rings. The summed E-state index contributed by atoms with van der Waals surface area (Å²) < 4.78 is 30.6. The molecule has 1 fully saturated rings. The van der Waals surface area contributed by atoms with Crippen LogP contribution >= 0.6 is 11.6 Å². The van der Waals surface area contributed by atoms with Crippen LogP contribution in [0.1, 0.15) is 11.7 Å². The molecule has 1 saturated heterocycles. The number of nitrogens with zero attached hydrogens (tertiary/aromatic N) is 2. The van der Waals surface area contributed by atoms with Crippen molar-refractivity contribution in [2.24, 2.45) is 0 Å². The minimum absolute atomic E-state index is 0.0393. The Hall–Kier alpha value is -2.75. The Kier molecular flexibility index (Phi) is 5.38. The largest absolute Gasteiger partial charge is 0.484 e. The van der Waals surface area contributed by atoms with Crippen LogP contribution in [-0.2, 0) is 4.74 Å². The highest BCUT2D eigenvalue weighted by Crippen LogP contribution is 2.32. The molecule has 8 nitrogen and oxygen atoms in total. The second-order valence-electron chi connectivity index (χ2n) is 6.14. The molecule has 2 unspecified atom stereocenters. The van der Waals surface area contributed by atoms with E-state index in [2.05, 4.69) is 25.0 Å². The monoisotopic (exact) mass is 406 g/mol. The van der Waals surface area contributed by atoms with E-state index in [-0.39, 0.29) is 10.8 Å². The first-order chi connectivity index (χ1) is 13.6. The van der Waals surface area contributed by atoms with Crippen molar-refractivity contribution in [2.45, 2.75) is 12.2 Å². The van der Waals surface area contributed by atoms with Gasteiger partial charge in [-0.25, -0.2) is 9.18 Å². The highest BCUT2D eigenvalue weighted by Gasteiger charge is 2.29. The third kappa shape index (κ3) is 3.91. The lowest BCUT2D eigenvalue weighted by Gasteiger charge is -2.26. The van der Waals surface area contributed by atoms with E-state index >= 15 is 0 Å². The average Bonchev–Trinajstić information content (AvgIpc) is 2.99. The normalized spacial score (nSPS) is 19.9. The minimum Gasteiger partial charge on any atom is -0.484 e. The predicted octanol–water partition coefficient (Wildman–Crippen LogP) is 2.33. The maximum atomic E-state index is 14.0. The van der Waals surface area contributed by atoms with Crippen LogP contribution in [0.4, 0.5) is 4.39 Å². The second-order valence-corrected chi connectivity index (χ2v) is 6.55. The summed E-state index contributed by atoms with van der Waals surface area (Å²) in [5.41, 5.74) is 1.11. The van der Waals surface area contributed by atoms with E-state index < -0.39 is 23.8 Å². The van der Waals surface area contributed by atoms with E-state index in [0.29, 0.717) is 36.6 Å². The summed E-state index contributed by atoms with van der Waals surface area (Å²) in [5.74, 6) is -0.601. The van der Waals surface area contributed by atoms with Crippen molar-refractivity contribution in [1.82, 2.24) is 20.4 Å². The Morgan fingerprint density at radius 3 is 3.00 bits per heavy atom. The lowest BCUT2D eigenvalue weighted by atomic mass is 10.0. The van der Waals surface area contributed by atoms with Crippen LogP contribution < -0.4 is 15.8 Å². The summed E-state index contributed by atoms with van der Waals surface area (Å²) in [7, 11) is 0. The molecule has 1 aliphatic heterocycles. The topological polar surface area (TPSA) is 102 Å². The number of ether oxygens (including phenoxy) is 2. The second kappa shape index (κ2) is 8.09. The van der Waals surface area contributed by atoms with Crippen LogP contribution in [0.5, 0.6) is 5.75 Å². The van der Waals surface area contributed by atoms with Gasteiger partial charge < -0.3 is 14.8 Å². The molecule has 0 spiro atoms. The van der Waals surface area contributed by atoms with Crippen molar-refractivity contribution in [2.75, 3.05) is 19.7 Å². The zero-order valence-corrected chi connectivity index (χ0v) is 15.3. The van der Waals surface area contributed by atoms with Gasteiger partial charge in [0.2, 0.25) is 0 Å². The van der Waals surface area contributed by atoms with Crippen LogP contribution in [0.15, 0.2) is 46.0 Å². The van der Waals surface area contributed by atoms with Gasteiger partial charge in [0, 0.05) is 19.3 Å². The first-order valence-electron chi connectivity index (χ1n) is 8.56. The summed E-state index contributed by atoms with van der Waals surface area (Å²) in [6, 6.07) is 6.18. The Bertz CT molecular complexity index is 1020. The first-order valence-corrected chi connectivity index (χ1v) is 8.94. The highest BCUT2D eigenvalue weighted by atomic mass is 35.5. The third-order valence-electron chi connectivity index (χ3n) is 4.29. The number of halogens is 2. The standard InChI is InChI=1S/C18H16ClFN4O4/c19-12-2-1-10(7-13(12)20)16-15(9-22-5-6-26-16)27-14-8-21-4-3-11(14)17-23-18(25)28-24-17/h1-4,7-8,15-16,22H,5-6,9H2,(H,23,24,25). The first kappa shape index (κ1) is 18.6. The number of hydrogen-bond donors (Lipinski definition) is 2. The van der Waals surface area contributed by atoms with E-state index in [9.17, 15) is 9.18 Å². The van der Waals surface area contributed by atoms with Crippen LogP contribution in [0.2, 0.25) is 5.02 Å². The van der Waals surface area contributed by atoms with Gasteiger partial charge in [-0.2, -0.15) is 0 Å². The van der Waals surface area contributed by atoms with Gasteiger partial charge in [0.05, 0.1) is 23.4 Å². The smallest absolute Gasteiger partial charge is 0.439 e. The average molecular weight is 407 g/mol. The molecule has 4 rings (SSSR count).